The van der Waals surface area contributed by atoms with Crippen molar-refractivity contribution in [3.8, 4) is 5.75 Å². The molecule has 2 aromatic carbocycles. The largest absolute Gasteiger partial charge is 0.506 e. The highest BCUT2D eigenvalue weighted by atomic mass is 79.9. The Morgan fingerprint density at radius 1 is 0.947 bits per heavy atom. The van der Waals surface area contributed by atoms with Crippen LogP contribution in [0.25, 0.3) is 0 Å². The van der Waals surface area contributed by atoms with E-state index in [0.29, 0.717) is 22.0 Å². The second-order valence-electron chi connectivity index (χ2n) is 4.14. The van der Waals surface area contributed by atoms with Crippen LogP contribution in [0.15, 0.2) is 45.3 Å². The maximum Gasteiger partial charge on any atom is 0.143 e. The fraction of sp³-hybridized carbons (Fsp3) is 0.143. The van der Waals surface area contributed by atoms with E-state index in [1.165, 1.54) is 12.1 Å². The molecule has 0 amide bonds. The summed E-state index contributed by atoms with van der Waals surface area (Å²) < 4.78 is 14.1. The number of rotatable bonds is 4. The molecule has 0 bridgehead atoms. The zero-order valence-corrected chi connectivity index (χ0v) is 13.1. The minimum Gasteiger partial charge on any atom is -0.506 e. The van der Waals surface area contributed by atoms with Gasteiger partial charge in [-0.05, 0) is 67.3 Å². The van der Waals surface area contributed by atoms with Crippen LogP contribution in [-0.4, -0.2) is 5.11 Å². The Hall–Kier alpha value is -0.910. The highest BCUT2D eigenvalue weighted by molar-refractivity contribution is 9.11. The lowest BCUT2D eigenvalue weighted by Crippen LogP contribution is -2.12. The minimum absolute atomic E-state index is 0.197. The fourth-order valence-corrected chi connectivity index (χ4v) is 2.95. The van der Waals surface area contributed by atoms with Crippen molar-refractivity contribution in [1.82, 2.24) is 5.32 Å². The first-order chi connectivity index (χ1) is 9.06. The van der Waals surface area contributed by atoms with Crippen molar-refractivity contribution in [2.75, 3.05) is 0 Å². The Kier molecular flexibility index (Phi) is 4.96. The van der Waals surface area contributed by atoms with Crippen LogP contribution in [0.4, 0.5) is 4.39 Å². The van der Waals surface area contributed by atoms with Gasteiger partial charge >= 0.3 is 0 Å². The average molecular weight is 389 g/mol. The Morgan fingerprint density at radius 2 is 1.47 bits per heavy atom. The van der Waals surface area contributed by atoms with E-state index in [1.54, 1.807) is 12.1 Å². The van der Waals surface area contributed by atoms with Gasteiger partial charge in [-0.25, -0.2) is 4.39 Å². The molecule has 0 radical (unpaired) electrons. The monoisotopic (exact) mass is 387 g/mol. The number of phenolic OH excluding ortho intramolecular Hbond substituents is 1. The van der Waals surface area contributed by atoms with Crippen LogP contribution in [-0.2, 0) is 13.1 Å². The summed E-state index contributed by atoms with van der Waals surface area (Å²) in [6, 6.07) is 10.1. The molecule has 2 aromatic rings. The molecule has 2 rings (SSSR count). The molecule has 2 nitrogen and oxygen atoms in total. The van der Waals surface area contributed by atoms with Gasteiger partial charge in [-0.1, -0.05) is 12.1 Å². The number of phenols is 1. The van der Waals surface area contributed by atoms with Crippen LogP contribution in [0.1, 0.15) is 11.1 Å². The fourth-order valence-electron chi connectivity index (χ4n) is 1.67. The molecule has 0 saturated heterocycles. The van der Waals surface area contributed by atoms with Crippen molar-refractivity contribution in [3.63, 3.8) is 0 Å². The number of aromatic hydroxyl groups is 1. The number of hydrogen-bond acceptors (Lipinski definition) is 2. The first kappa shape index (κ1) is 14.5. The van der Waals surface area contributed by atoms with Gasteiger partial charge in [0.1, 0.15) is 11.6 Å². The van der Waals surface area contributed by atoms with Crippen molar-refractivity contribution < 1.29 is 9.50 Å². The molecule has 19 heavy (non-hydrogen) atoms. The predicted octanol–water partition coefficient (Wildman–Crippen LogP) is 4.35. The second-order valence-corrected chi connectivity index (χ2v) is 5.85. The van der Waals surface area contributed by atoms with Gasteiger partial charge in [-0.15, -0.1) is 0 Å². The van der Waals surface area contributed by atoms with Gasteiger partial charge in [-0.2, -0.15) is 0 Å². The van der Waals surface area contributed by atoms with Crippen molar-refractivity contribution in [3.05, 3.63) is 62.3 Å². The molecule has 0 saturated carbocycles. The van der Waals surface area contributed by atoms with Crippen molar-refractivity contribution >= 4 is 31.9 Å². The molecule has 0 unspecified atom stereocenters. The molecular weight excluding hydrogens is 377 g/mol. The maximum atomic E-state index is 12.7. The molecule has 0 fully saturated rings. The second kappa shape index (κ2) is 6.50. The summed E-state index contributed by atoms with van der Waals surface area (Å²) in [6.45, 7) is 1.32. The van der Waals surface area contributed by atoms with E-state index in [1.807, 2.05) is 12.1 Å². The van der Waals surface area contributed by atoms with Crippen molar-refractivity contribution in [2.24, 2.45) is 0 Å². The van der Waals surface area contributed by atoms with Crippen LogP contribution in [0, 0.1) is 5.82 Å². The quantitative estimate of drug-likeness (QED) is 0.816. The number of halogens is 3. The standard InChI is InChI=1S/C14H12Br2FNO/c15-12-5-10(6-13(16)14(12)19)8-18-7-9-1-3-11(17)4-2-9/h1-6,18-19H,7-8H2. The summed E-state index contributed by atoms with van der Waals surface area (Å²) in [5.41, 5.74) is 2.07. The lowest BCUT2D eigenvalue weighted by atomic mass is 10.2. The zero-order chi connectivity index (χ0) is 13.8. The van der Waals surface area contributed by atoms with Crippen molar-refractivity contribution in [2.45, 2.75) is 13.1 Å². The van der Waals surface area contributed by atoms with Gasteiger partial charge in [0, 0.05) is 13.1 Å². The SMILES string of the molecule is Oc1c(Br)cc(CNCc2ccc(F)cc2)cc1Br. The minimum atomic E-state index is -0.227. The van der Waals surface area contributed by atoms with E-state index < -0.39 is 0 Å². The molecule has 2 N–H and O–H groups in total. The van der Waals surface area contributed by atoms with Gasteiger partial charge in [0.2, 0.25) is 0 Å². The summed E-state index contributed by atoms with van der Waals surface area (Å²) >= 11 is 6.58. The number of hydrogen-bond donors (Lipinski definition) is 2. The molecule has 100 valence electrons. The third-order valence-electron chi connectivity index (χ3n) is 2.65. The Balaban J connectivity index is 1.94. The van der Waals surface area contributed by atoms with Gasteiger partial charge in [-0.3, -0.25) is 0 Å². The van der Waals surface area contributed by atoms with Gasteiger partial charge in [0.25, 0.3) is 0 Å². The zero-order valence-electron chi connectivity index (χ0n) is 9.96. The summed E-state index contributed by atoms with van der Waals surface area (Å²) in [5.74, 6) is -0.0302. The van der Waals surface area contributed by atoms with E-state index in [2.05, 4.69) is 37.2 Å². The van der Waals surface area contributed by atoms with Crippen LogP contribution >= 0.6 is 31.9 Å². The summed E-state index contributed by atoms with van der Waals surface area (Å²) in [6.07, 6.45) is 0. The maximum absolute atomic E-state index is 12.7. The topological polar surface area (TPSA) is 32.3 Å². The first-order valence-electron chi connectivity index (χ1n) is 5.68. The molecule has 0 atom stereocenters. The Bertz CT molecular complexity index is 549. The van der Waals surface area contributed by atoms with Crippen molar-refractivity contribution in [1.29, 1.82) is 0 Å². The summed E-state index contributed by atoms with van der Waals surface area (Å²) in [4.78, 5) is 0. The van der Waals surface area contributed by atoms with Crippen LogP contribution < -0.4 is 5.32 Å². The lowest BCUT2D eigenvalue weighted by molar-refractivity contribution is 0.468. The van der Waals surface area contributed by atoms with Crippen LogP contribution in [0.3, 0.4) is 0 Å². The van der Waals surface area contributed by atoms with E-state index in [-0.39, 0.29) is 11.6 Å². The van der Waals surface area contributed by atoms with Crippen LogP contribution in [0.5, 0.6) is 5.75 Å². The van der Waals surface area contributed by atoms with E-state index in [4.69, 9.17) is 0 Å². The summed E-state index contributed by atoms with van der Waals surface area (Å²) in [7, 11) is 0. The molecule has 0 aliphatic heterocycles. The highest BCUT2D eigenvalue weighted by Gasteiger charge is 2.05. The molecule has 5 heteroatoms. The van der Waals surface area contributed by atoms with Crippen LogP contribution in [0.2, 0.25) is 0 Å². The molecule has 0 aromatic heterocycles. The smallest absolute Gasteiger partial charge is 0.143 e. The lowest BCUT2D eigenvalue weighted by Gasteiger charge is -2.08. The van der Waals surface area contributed by atoms with Gasteiger partial charge in [0.15, 0.2) is 0 Å². The van der Waals surface area contributed by atoms with Gasteiger partial charge in [0.05, 0.1) is 8.95 Å². The predicted molar refractivity (Wildman–Crippen MR) is 80.5 cm³/mol. The Morgan fingerprint density at radius 3 is 2.05 bits per heavy atom. The normalized spacial score (nSPS) is 10.7. The first-order valence-corrected chi connectivity index (χ1v) is 7.27. The van der Waals surface area contributed by atoms with Gasteiger partial charge < -0.3 is 10.4 Å². The Labute approximate surface area is 127 Å². The van der Waals surface area contributed by atoms with E-state index in [9.17, 15) is 9.50 Å². The number of benzene rings is 2. The molecule has 0 spiro atoms. The molecule has 0 aliphatic carbocycles. The third kappa shape index (κ3) is 4.03. The molecule has 0 heterocycles. The number of nitrogens with one attached hydrogen (secondary N) is 1. The molecule has 0 aliphatic rings. The van der Waals surface area contributed by atoms with E-state index in [0.717, 1.165) is 11.1 Å². The molecular formula is C14H12Br2FNO. The third-order valence-corrected chi connectivity index (χ3v) is 3.86. The average Bonchev–Trinajstić information content (AvgIpc) is 2.38. The van der Waals surface area contributed by atoms with E-state index >= 15 is 0 Å². The highest BCUT2D eigenvalue weighted by Crippen LogP contribution is 2.33. The summed E-state index contributed by atoms with van der Waals surface area (Å²) in [5, 5.41) is 12.9.